The number of rotatable bonds is 4. The number of aromatic nitrogens is 2. The molecule has 2 bridgehead atoms. The summed E-state index contributed by atoms with van der Waals surface area (Å²) in [6, 6.07) is 9.19. The molecule has 6 heteroatoms. The van der Waals surface area contributed by atoms with Crippen molar-refractivity contribution in [3.8, 4) is 0 Å². The Labute approximate surface area is 146 Å². The zero-order valence-corrected chi connectivity index (χ0v) is 14.9. The molecule has 0 spiro atoms. The zero-order valence-electron chi connectivity index (χ0n) is 14.1. The van der Waals surface area contributed by atoms with Gasteiger partial charge in [-0.25, -0.2) is 4.98 Å². The van der Waals surface area contributed by atoms with Gasteiger partial charge in [-0.3, -0.25) is 4.79 Å². The van der Waals surface area contributed by atoms with Gasteiger partial charge in [0.05, 0.1) is 16.8 Å². The molecule has 0 saturated carbocycles. The monoisotopic (exact) mass is 344 g/mol. The molecule has 2 aromatic rings. The maximum atomic E-state index is 12.9. The summed E-state index contributed by atoms with van der Waals surface area (Å²) < 4.78 is 2.10. The summed E-state index contributed by atoms with van der Waals surface area (Å²) in [6.07, 6.45) is 5.60. The van der Waals surface area contributed by atoms with E-state index in [-0.39, 0.29) is 5.91 Å². The first-order valence-corrected chi connectivity index (χ1v) is 10.1. The van der Waals surface area contributed by atoms with Crippen LogP contribution in [-0.4, -0.2) is 51.8 Å². The lowest BCUT2D eigenvalue weighted by Gasteiger charge is -2.25. The predicted molar refractivity (Wildman–Crippen MR) is 98.1 cm³/mol. The van der Waals surface area contributed by atoms with Crippen LogP contribution >= 0.6 is 11.8 Å². The summed E-state index contributed by atoms with van der Waals surface area (Å²) in [5.74, 6) is 2.04. The van der Waals surface area contributed by atoms with Gasteiger partial charge in [0, 0.05) is 25.2 Å². The number of hydrogen-bond donors (Lipinski definition) is 1. The van der Waals surface area contributed by atoms with Gasteiger partial charge in [0.15, 0.2) is 0 Å². The Bertz CT molecular complexity index is 744. The van der Waals surface area contributed by atoms with E-state index in [0.717, 1.165) is 42.1 Å². The number of carbonyl (C=O) groups is 1. The molecule has 2 unspecified atom stereocenters. The lowest BCUT2D eigenvalue weighted by Crippen LogP contribution is -2.40. The van der Waals surface area contributed by atoms with Crippen molar-refractivity contribution in [2.45, 2.75) is 43.6 Å². The molecule has 0 aliphatic carbocycles. The van der Waals surface area contributed by atoms with Crippen LogP contribution < -0.4 is 5.32 Å². The van der Waals surface area contributed by atoms with Crippen LogP contribution in [-0.2, 0) is 17.1 Å². The normalized spacial score (nSPS) is 23.6. The van der Waals surface area contributed by atoms with Crippen molar-refractivity contribution in [1.29, 1.82) is 0 Å². The van der Waals surface area contributed by atoms with Gasteiger partial charge in [-0.1, -0.05) is 12.1 Å². The average Bonchev–Trinajstić information content (AvgIpc) is 3.08. The summed E-state index contributed by atoms with van der Waals surface area (Å²) in [4.78, 5) is 19.7. The number of nitrogens with zero attached hydrogens (tertiary/aromatic N) is 3. The maximum Gasteiger partial charge on any atom is 0.242 e. The number of likely N-dealkylation sites (tertiary alicyclic amines) is 1. The van der Waals surface area contributed by atoms with Crippen LogP contribution in [0.3, 0.4) is 0 Å². The molecule has 5 nitrogen and oxygen atoms in total. The number of para-hydroxylation sites is 2. The van der Waals surface area contributed by atoms with Gasteiger partial charge >= 0.3 is 0 Å². The Morgan fingerprint density at radius 2 is 2.12 bits per heavy atom. The number of carbonyl (C=O) groups excluding carboxylic acids is 1. The summed E-state index contributed by atoms with van der Waals surface area (Å²) in [5, 5.41) is 3.64. The molecule has 1 aromatic heterocycles. The number of nitrogens with one attached hydrogen (secondary N) is 1. The third-order valence-corrected chi connectivity index (χ3v) is 5.72. The minimum atomic E-state index is 0.217. The second-order valence-corrected chi connectivity index (χ2v) is 7.67. The van der Waals surface area contributed by atoms with Gasteiger partial charge in [0.2, 0.25) is 5.91 Å². The van der Waals surface area contributed by atoms with Gasteiger partial charge < -0.3 is 14.8 Å². The lowest BCUT2D eigenvalue weighted by atomic mass is 10.1. The van der Waals surface area contributed by atoms with Crippen molar-refractivity contribution in [2.75, 3.05) is 19.3 Å². The Hall–Kier alpha value is -1.53. The van der Waals surface area contributed by atoms with E-state index in [1.165, 1.54) is 12.8 Å². The molecule has 3 heterocycles. The predicted octanol–water partition coefficient (Wildman–Crippen LogP) is 2.25. The molecular weight excluding hydrogens is 320 g/mol. The number of benzene rings is 1. The summed E-state index contributed by atoms with van der Waals surface area (Å²) in [7, 11) is 0. The highest BCUT2D eigenvalue weighted by atomic mass is 32.2. The van der Waals surface area contributed by atoms with Crippen molar-refractivity contribution in [3.05, 3.63) is 30.1 Å². The Morgan fingerprint density at radius 3 is 3.00 bits per heavy atom. The van der Waals surface area contributed by atoms with E-state index in [1.807, 2.05) is 18.2 Å². The standard InChI is InChI=1S/C18H24N4OS/c1-24-12-17-20-15-4-2-3-5-16(15)22(17)11-18(23)21-9-8-13-6-7-14(10-21)19-13/h2-5,13-14,19H,6-12H2,1H3. The van der Waals surface area contributed by atoms with Crippen LogP contribution in [0, 0.1) is 0 Å². The smallest absolute Gasteiger partial charge is 0.242 e. The molecular formula is C18H24N4OS. The van der Waals surface area contributed by atoms with E-state index in [9.17, 15) is 4.79 Å². The molecule has 1 aromatic carbocycles. The molecule has 2 fully saturated rings. The maximum absolute atomic E-state index is 12.9. The minimum absolute atomic E-state index is 0.217. The number of fused-ring (bicyclic) bond motifs is 3. The van der Waals surface area contributed by atoms with E-state index in [0.29, 0.717) is 18.6 Å². The molecule has 4 rings (SSSR count). The van der Waals surface area contributed by atoms with Crippen LogP contribution in [0.2, 0.25) is 0 Å². The van der Waals surface area contributed by atoms with Crippen molar-refractivity contribution < 1.29 is 4.79 Å². The first-order valence-electron chi connectivity index (χ1n) is 8.71. The quantitative estimate of drug-likeness (QED) is 0.924. The summed E-state index contributed by atoms with van der Waals surface area (Å²) in [6.45, 7) is 2.12. The number of hydrogen-bond acceptors (Lipinski definition) is 4. The van der Waals surface area contributed by atoms with Gasteiger partial charge in [-0.2, -0.15) is 11.8 Å². The molecule has 1 N–H and O–H groups in total. The van der Waals surface area contributed by atoms with Gasteiger partial charge in [0.1, 0.15) is 12.4 Å². The number of amides is 1. The second-order valence-electron chi connectivity index (χ2n) is 6.80. The first-order chi connectivity index (χ1) is 11.7. The van der Waals surface area contributed by atoms with E-state index in [2.05, 4.69) is 27.1 Å². The fourth-order valence-electron chi connectivity index (χ4n) is 3.95. The zero-order chi connectivity index (χ0) is 16.5. The van der Waals surface area contributed by atoms with Crippen LogP contribution in [0.15, 0.2) is 24.3 Å². The second kappa shape index (κ2) is 6.76. The van der Waals surface area contributed by atoms with Crippen molar-refractivity contribution >= 4 is 28.7 Å². The lowest BCUT2D eigenvalue weighted by molar-refractivity contribution is -0.132. The Balaban J connectivity index is 1.56. The molecule has 128 valence electrons. The van der Waals surface area contributed by atoms with E-state index in [1.54, 1.807) is 11.8 Å². The largest absolute Gasteiger partial charge is 0.340 e. The molecule has 2 atom stereocenters. The van der Waals surface area contributed by atoms with Crippen LogP contribution in [0.1, 0.15) is 25.1 Å². The first kappa shape index (κ1) is 16.0. The van der Waals surface area contributed by atoms with Crippen LogP contribution in [0.25, 0.3) is 11.0 Å². The van der Waals surface area contributed by atoms with E-state index >= 15 is 0 Å². The van der Waals surface area contributed by atoms with Gasteiger partial charge in [-0.05, 0) is 37.7 Å². The third kappa shape index (κ3) is 3.05. The molecule has 1 amide bonds. The van der Waals surface area contributed by atoms with E-state index in [4.69, 9.17) is 4.98 Å². The summed E-state index contributed by atoms with van der Waals surface area (Å²) in [5.41, 5.74) is 2.04. The molecule has 24 heavy (non-hydrogen) atoms. The Morgan fingerprint density at radius 1 is 1.29 bits per heavy atom. The van der Waals surface area contributed by atoms with Gasteiger partial charge in [0.25, 0.3) is 0 Å². The molecule has 0 radical (unpaired) electrons. The minimum Gasteiger partial charge on any atom is -0.340 e. The highest BCUT2D eigenvalue weighted by molar-refractivity contribution is 7.97. The SMILES string of the molecule is CSCc1nc2ccccc2n1CC(=O)N1CCC2CCC(C1)N2. The van der Waals surface area contributed by atoms with E-state index < -0.39 is 0 Å². The molecule has 2 saturated heterocycles. The number of thioether (sulfide) groups is 1. The average molecular weight is 344 g/mol. The summed E-state index contributed by atoms with van der Waals surface area (Å²) >= 11 is 1.74. The highest BCUT2D eigenvalue weighted by Crippen LogP contribution is 2.22. The molecule has 2 aliphatic rings. The highest BCUT2D eigenvalue weighted by Gasteiger charge is 2.31. The Kier molecular flexibility index (Phi) is 4.50. The fraction of sp³-hybridized carbons (Fsp3) is 0.556. The van der Waals surface area contributed by atoms with Crippen molar-refractivity contribution in [1.82, 2.24) is 19.8 Å². The van der Waals surface area contributed by atoms with Crippen LogP contribution in [0.5, 0.6) is 0 Å². The number of imidazole rings is 1. The third-order valence-electron chi connectivity index (χ3n) is 5.18. The fourth-order valence-corrected chi connectivity index (χ4v) is 4.42. The topological polar surface area (TPSA) is 50.2 Å². The van der Waals surface area contributed by atoms with Crippen LogP contribution in [0.4, 0.5) is 0 Å². The van der Waals surface area contributed by atoms with Crippen molar-refractivity contribution in [2.24, 2.45) is 0 Å². The van der Waals surface area contributed by atoms with Gasteiger partial charge in [-0.15, -0.1) is 0 Å². The van der Waals surface area contributed by atoms with Crippen molar-refractivity contribution in [3.63, 3.8) is 0 Å². The molecule has 2 aliphatic heterocycles.